The maximum atomic E-state index is 14.0. The Morgan fingerprint density at radius 3 is 2.31 bits per heavy atom. The molecule has 8 nitrogen and oxygen atoms in total. The van der Waals surface area contributed by atoms with Crippen molar-refractivity contribution in [3.05, 3.63) is 54.1 Å². The van der Waals surface area contributed by atoms with E-state index in [1.807, 2.05) is 69.4 Å². The van der Waals surface area contributed by atoms with Crippen LogP contribution in [0.5, 0.6) is 5.75 Å². The fourth-order valence-electron chi connectivity index (χ4n) is 4.00. The van der Waals surface area contributed by atoms with Crippen LogP contribution in [0.15, 0.2) is 53.4 Å². The number of hydrogen-bond acceptors (Lipinski definition) is 8. The molecule has 0 saturated carbocycles. The van der Waals surface area contributed by atoms with Crippen molar-refractivity contribution in [1.29, 1.82) is 0 Å². The molecule has 0 fully saturated rings. The number of hydrogen-bond donors (Lipinski definition) is 0. The first-order chi connectivity index (χ1) is 17.1. The lowest BCUT2D eigenvalue weighted by Gasteiger charge is -2.32. The van der Waals surface area contributed by atoms with E-state index in [2.05, 4.69) is 4.90 Å². The summed E-state index contributed by atoms with van der Waals surface area (Å²) >= 11 is 1.46. The van der Waals surface area contributed by atoms with Gasteiger partial charge in [0.2, 0.25) is 0 Å². The summed E-state index contributed by atoms with van der Waals surface area (Å²) in [6.45, 7) is 7.31. The minimum atomic E-state index is -1.07. The van der Waals surface area contributed by atoms with E-state index in [1.165, 1.54) is 25.6 Å². The van der Waals surface area contributed by atoms with Crippen LogP contribution in [0.1, 0.15) is 38.5 Å². The second-order valence-electron chi connectivity index (χ2n) is 9.02. The Morgan fingerprint density at radius 1 is 1.06 bits per heavy atom. The maximum Gasteiger partial charge on any atom is 0.303 e. The van der Waals surface area contributed by atoms with E-state index in [-0.39, 0.29) is 18.5 Å². The number of likely N-dealkylation sites (N-methyl/N-ethyl adjacent to an activating group) is 1. The van der Waals surface area contributed by atoms with Crippen LogP contribution in [0.2, 0.25) is 0 Å². The summed E-state index contributed by atoms with van der Waals surface area (Å²) in [5.74, 6) is -0.648. The summed E-state index contributed by atoms with van der Waals surface area (Å²) < 4.78 is 16.6. The van der Waals surface area contributed by atoms with Gasteiger partial charge in [-0.15, -0.1) is 11.8 Å². The Labute approximate surface area is 216 Å². The number of para-hydroxylation sites is 1. The molecule has 2 aromatic carbocycles. The summed E-state index contributed by atoms with van der Waals surface area (Å²) in [5.41, 5.74) is 1.51. The average Bonchev–Trinajstić information content (AvgIpc) is 2.94. The van der Waals surface area contributed by atoms with Gasteiger partial charge in [0.1, 0.15) is 11.9 Å². The number of ether oxygens (including phenoxy) is 3. The molecule has 0 radical (unpaired) electrons. The Kier molecular flexibility index (Phi) is 9.39. The highest BCUT2D eigenvalue weighted by Crippen LogP contribution is 2.47. The Balaban J connectivity index is 2.05. The number of fused-ring (bicyclic) bond motifs is 1. The number of carbonyl (C=O) groups is 3. The zero-order valence-electron chi connectivity index (χ0n) is 21.6. The van der Waals surface area contributed by atoms with Crippen molar-refractivity contribution in [2.24, 2.45) is 0 Å². The summed E-state index contributed by atoms with van der Waals surface area (Å²) in [6, 6.07) is 15.2. The van der Waals surface area contributed by atoms with Crippen LogP contribution in [-0.2, 0) is 23.9 Å². The van der Waals surface area contributed by atoms with E-state index in [4.69, 9.17) is 14.2 Å². The van der Waals surface area contributed by atoms with Crippen molar-refractivity contribution in [3.63, 3.8) is 0 Å². The SMILES string of the molecule is COc1ccc([C@@H]2Sc3ccccc3N(CC(CN(C)C(C)C)OC(C)=O)C(=O)[C@@H]2OC(C)=O)cc1. The summed E-state index contributed by atoms with van der Waals surface area (Å²) in [4.78, 5) is 42.6. The predicted molar refractivity (Wildman–Crippen MR) is 139 cm³/mol. The summed E-state index contributed by atoms with van der Waals surface area (Å²) in [6.07, 6.45) is -1.65. The van der Waals surface area contributed by atoms with Crippen LogP contribution in [0.3, 0.4) is 0 Å². The van der Waals surface area contributed by atoms with Crippen LogP contribution in [0.4, 0.5) is 5.69 Å². The van der Waals surface area contributed by atoms with Gasteiger partial charge < -0.3 is 24.0 Å². The summed E-state index contributed by atoms with van der Waals surface area (Å²) in [5, 5.41) is -0.482. The number of methoxy groups -OCH3 is 1. The molecule has 0 spiro atoms. The quantitative estimate of drug-likeness (QED) is 0.463. The first-order valence-electron chi connectivity index (χ1n) is 11.9. The smallest absolute Gasteiger partial charge is 0.303 e. The van der Waals surface area contributed by atoms with Gasteiger partial charge in [-0.25, -0.2) is 0 Å². The number of esters is 2. The van der Waals surface area contributed by atoms with Gasteiger partial charge >= 0.3 is 11.9 Å². The first-order valence-corrected chi connectivity index (χ1v) is 12.7. The molecule has 3 rings (SSSR count). The number of rotatable bonds is 9. The van der Waals surface area contributed by atoms with Crippen molar-refractivity contribution in [1.82, 2.24) is 4.90 Å². The minimum absolute atomic E-state index is 0.125. The zero-order valence-corrected chi connectivity index (χ0v) is 22.4. The molecule has 0 bridgehead atoms. The molecular weight excluding hydrogens is 480 g/mol. The highest BCUT2D eigenvalue weighted by Gasteiger charge is 2.41. The molecule has 2 aromatic rings. The molecular formula is C27H34N2O6S. The molecule has 0 saturated heterocycles. The highest BCUT2D eigenvalue weighted by atomic mass is 32.2. The van der Waals surface area contributed by atoms with E-state index in [0.29, 0.717) is 18.0 Å². The molecule has 1 unspecified atom stereocenters. The standard InChI is InChI=1S/C27H34N2O6S/c1-17(2)28(5)15-22(34-18(3)30)16-29-23-9-7-8-10-24(23)36-26(25(27(29)32)35-19(4)31)20-11-13-21(33-6)14-12-20/h7-14,17,22,25-26H,15-16H2,1-6H3/t22?,25-,26+/m1/s1. The number of anilines is 1. The lowest BCUT2D eigenvalue weighted by atomic mass is 10.0. The van der Waals surface area contributed by atoms with E-state index < -0.39 is 29.4 Å². The average molecular weight is 515 g/mol. The molecule has 0 aromatic heterocycles. The molecule has 1 aliphatic rings. The lowest BCUT2D eigenvalue weighted by molar-refractivity contribution is -0.153. The Bertz CT molecular complexity index is 1070. The van der Waals surface area contributed by atoms with Gasteiger partial charge in [0, 0.05) is 31.3 Å². The molecule has 1 aliphatic heterocycles. The van der Waals surface area contributed by atoms with Gasteiger partial charge in [-0.05, 0) is 50.7 Å². The maximum absolute atomic E-state index is 14.0. The molecule has 0 N–H and O–H groups in total. The highest BCUT2D eigenvalue weighted by molar-refractivity contribution is 7.99. The first kappa shape index (κ1) is 27.5. The number of amides is 1. The number of carbonyl (C=O) groups excluding carboxylic acids is 3. The molecule has 194 valence electrons. The minimum Gasteiger partial charge on any atom is -0.497 e. The number of benzene rings is 2. The second-order valence-corrected chi connectivity index (χ2v) is 10.2. The van der Waals surface area contributed by atoms with Crippen molar-refractivity contribution in [2.75, 3.05) is 32.1 Å². The van der Waals surface area contributed by atoms with Crippen LogP contribution < -0.4 is 9.64 Å². The molecule has 1 amide bonds. The van der Waals surface area contributed by atoms with E-state index >= 15 is 0 Å². The summed E-state index contributed by atoms with van der Waals surface area (Å²) in [7, 11) is 3.53. The number of thioether (sulfide) groups is 1. The van der Waals surface area contributed by atoms with Crippen molar-refractivity contribution >= 4 is 35.3 Å². The normalized spacial score (nSPS) is 18.4. The van der Waals surface area contributed by atoms with E-state index in [1.54, 1.807) is 12.0 Å². The Morgan fingerprint density at radius 2 is 1.72 bits per heavy atom. The molecule has 36 heavy (non-hydrogen) atoms. The predicted octanol–water partition coefficient (Wildman–Crippen LogP) is 4.08. The van der Waals surface area contributed by atoms with Crippen LogP contribution >= 0.6 is 11.8 Å². The third-order valence-electron chi connectivity index (χ3n) is 6.02. The van der Waals surface area contributed by atoms with Crippen molar-refractivity contribution in [2.45, 2.75) is 56.1 Å². The zero-order chi connectivity index (χ0) is 26.4. The van der Waals surface area contributed by atoms with Gasteiger partial charge in [-0.2, -0.15) is 0 Å². The van der Waals surface area contributed by atoms with E-state index in [0.717, 1.165) is 10.5 Å². The third kappa shape index (κ3) is 6.79. The molecule has 9 heteroatoms. The van der Waals surface area contributed by atoms with Gasteiger partial charge in [0.15, 0.2) is 6.10 Å². The van der Waals surface area contributed by atoms with Gasteiger partial charge in [-0.3, -0.25) is 14.4 Å². The monoisotopic (exact) mass is 514 g/mol. The van der Waals surface area contributed by atoms with Crippen molar-refractivity contribution in [3.8, 4) is 5.75 Å². The lowest BCUT2D eigenvalue weighted by Crippen LogP contribution is -2.49. The second kappa shape index (κ2) is 12.3. The topological polar surface area (TPSA) is 85.4 Å². The molecule has 1 heterocycles. The van der Waals surface area contributed by atoms with Gasteiger partial charge in [0.25, 0.3) is 5.91 Å². The van der Waals surface area contributed by atoms with Gasteiger partial charge in [-0.1, -0.05) is 24.3 Å². The van der Waals surface area contributed by atoms with Crippen LogP contribution in [0.25, 0.3) is 0 Å². The van der Waals surface area contributed by atoms with Gasteiger partial charge in [0.05, 0.1) is 24.6 Å². The van der Waals surface area contributed by atoms with Crippen LogP contribution in [0, 0.1) is 0 Å². The molecule has 0 aliphatic carbocycles. The third-order valence-corrected chi connectivity index (χ3v) is 7.40. The molecule has 3 atom stereocenters. The fourth-order valence-corrected chi connectivity index (χ4v) is 5.32. The Hall–Kier alpha value is -3.04. The number of nitrogens with zero attached hydrogens (tertiary/aromatic N) is 2. The van der Waals surface area contributed by atoms with Crippen LogP contribution in [-0.4, -0.2) is 68.2 Å². The largest absolute Gasteiger partial charge is 0.497 e. The fraction of sp³-hybridized carbons (Fsp3) is 0.444. The van der Waals surface area contributed by atoms with E-state index in [9.17, 15) is 14.4 Å². The van der Waals surface area contributed by atoms with Crippen molar-refractivity contribution < 1.29 is 28.6 Å².